The summed E-state index contributed by atoms with van der Waals surface area (Å²) in [7, 11) is 1.69. The van der Waals surface area contributed by atoms with E-state index >= 15 is 0 Å². The molecule has 1 aliphatic rings. The van der Waals surface area contributed by atoms with E-state index in [0.717, 1.165) is 49.7 Å². The zero-order chi connectivity index (χ0) is 15.3. The van der Waals surface area contributed by atoms with Gasteiger partial charge < -0.3 is 19.5 Å². The number of hydrogen-bond acceptors (Lipinski definition) is 4. The van der Waals surface area contributed by atoms with Gasteiger partial charge in [-0.05, 0) is 39.0 Å². The molecule has 1 aromatic carbocycles. The number of nitrogens with one attached hydrogen (secondary N) is 1. The molecule has 2 rings (SSSR count). The molecule has 0 spiro atoms. The molecule has 1 aromatic rings. The Morgan fingerprint density at radius 3 is 2.57 bits per heavy atom. The van der Waals surface area contributed by atoms with Gasteiger partial charge in [0, 0.05) is 30.5 Å². The molecule has 4 nitrogen and oxygen atoms in total. The van der Waals surface area contributed by atoms with Crippen molar-refractivity contribution in [3.05, 3.63) is 23.8 Å². The van der Waals surface area contributed by atoms with E-state index in [1.807, 2.05) is 18.2 Å². The molecule has 0 bridgehead atoms. The molecule has 0 radical (unpaired) electrons. The molecule has 0 saturated carbocycles. The van der Waals surface area contributed by atoms with Gasteiger partial charge in [-0.25, -0.2) is 0 Å². The van der Waals surface area contributed by atoms with Crippen molar-refractivity contribution in [1.29, 1.82) is 0 Å². The Morgan fingerprint density at radius 1 is 1.24 bits per heavy atom. The summed E-state index contributed by atoms with van der Waals surface area (Å²) >= 11 is 0. The van der Waals surface area contributed by atoms with E-state index in [1.54, 1.807) is 7.11 Å². The lowest BCUT2D eigenvalue weighted by atomic mass is 10.1. The fraction of sp³-hybridized carbons (Fsp3) is 0.647. The van der Waals surface area contributed by atoms with Gasteiger partial charge in [0.05, 0.1) is 20.3 Å². The maximum atomic E-state index is 6.18. The second-order valence-electron chi connectivity index (χ2n) is 6.51. The molecule has 0 unspecified atom stereocenters. The molecule has 0 aromatic heterocycles. The molecule has 1 heterocycles. The molecular formula is C17H27NO3. The van der Waals surface area contributed by atoms with Crippen molar-refractivity contribution in [2.75, 3.05) is 20.3 Å². The van der Waals surface area contributed by atoms with Crippen LogP contribution >= 0.6 is 0 Å². The molecule has 0 atom stereocenters. The van der Waals surface area contributed by atoms with Crippen LogP contribution in [-0.4, -0.2) is 32.0 Å². The second kappa shape index (κ2) is 7.14. The Kier molecular flexibility index (Phi) is 5.48. The third kappa shape index (κ3) is 5.21. The second-order valence-corrected chi connectivity index (χ2v) is 6.51. The lowest BCUT2D eigenvalue weighted by molar-refractivity contribution is 0.0251. The molecule has 1 saturated heterocycles. The van der Waals surface area contributed by atoms with Gasteiger partial charge in [-0.1, -0.05) is 0 Å². The molecular weight excluding hydrogens is 266 g/mol. The van der Waals surface area contributed by atoms with Gasteiger partial charge in [0.2, 0.25) is 0 Å². The summed E-state index contributed by atoms with van der Waals surface area (Å²) in [5, 5.41) is 3.51. The Labute approximate surface area is 127 Å². The SMILES string of the molecule is COc1ccc(OC2CCOCC2)c(CNC(C)(C)C)c1. The molecule has 0 aliphatic carbocycles. The molecule has 21 heavy (non-hydrogen) atoms. The van der Waals surface area contributed by atoms with Gasteiger partial charge in [0.15, 0.2) is 0 Å². The van der Waals surface area contributed by atoms with Crippen LogP contribution in [0.25, 0.3) is 0 Å². The zero-order valence-corrected chi connectivity index (χ0v) is 13.6. The van der Waals surface area contributed by atoms with E-state index < -0.39 is 0 Å². The van der Waals surface area contributed by atoms with Crippen LogP contribution in [0.1, 0.15) is 39.2 Å². The Hall–Kier alpha value is -1.26. The quantitative estimate of drug-likeness (QED) is 0.905. The number of hydrogen-bond donors (Lipinski definition) is 1. The highest BCUT2D eigenvalue weighted by atomic mass is 16.5. The van der Waals surface area contributed by atoms with Crippen LogP contribution in [0.5, 0.6) is 11.5 Å². The number of rotatable bonds is 5. The first-order chi connectivity index (χ1) is 9.98. The summed E-state index contributed by atoms with van der Waals surface area (Å²) in [4.78, 5) is 0. The van der Waals surface area contributed by atoms with Crippen LogP contribution in [0.15, 0.2) is 18.2 Å². The average molecular weight is 293 g/mol. The molecule has 0 amide bonds. The minimum atomic E-state index is 0.0685. The third-order valence-electron chi connectivity index (χ3n) is 3.54. The number of methoxy groups -OCH3 is 1. The van der Waals surface area contributed by atoms with Crippen LogP contribution < -0.4 is 14.8 Å². The monoisotopic (exact) mass is 293 g/mol. The summed E-state index contributed by atoms with van der Waals surface area (Å²) in [6.07, 6.45) is 2.16. The van der Waals surface area contributed by atoms with Crippen molar-refractivity contribution in [1.82, 2.24) is 5.32 Å². The molecule has 118 valence electrons. The van der Waals surface area contributed by atoms with E-state index in [4.69, 9.17) is 14.2 Å². The van der Waals surface area contributed by atoms with Crippen molar-refractivity contribution in [3.63, 3.8) is 0 Å². The van der Waals surface area contributed by atoms with Crippen LogP contribution in [0.3, 0.4) is 0 Å². The first-order valence-corrected chi connectivity index (χ1v) is 7.64. The van der Waals surface area contributed by atoms with Gasteiger partial charge in [-0.15, -0.1) is 0 Å². The Bertz CT molecular complexity index is 448. The van der Waals surface area contributed by atoms with E-state index in [1.165, 1.54) is 0 Å². The van der Waals surface area contributed by atoms with Gasteiger partial charge in [-0.3, -0.25) is 0 Å². The van der Waals surface area contributed by atoms with Crippen molar-refractivity contribution < 1.29 is 14.2 Å². The largest absolute Gasteiger partial charge is 0.497 e. The highest BCUT2D eigenvalue weighted by molar-refractivity contribution is 5.40. The van der Waals surface area contributed by atoms with E-state index in [2.05, 4.69) is 26.1 Å². The predicted molar refractivity (Wildman–Crippen MR) is 84.1 cm³/mol. The predicted octanol–water partition coefficient (Wildman–Crippen LogP) is 3.14. The third-order valence-corrected chi connectivity index (χ3v) is 3.54. The average Bonchev–Trinajstić information content (AvgIpc) is 2.46. The number of ether oxygens (including phenoxy) is 3. The Balaban J connectivity index is 2.10. The van der Waals surface area contributed by atoms with Crippen LogP contribution in [0, 0.1) is 0 Å². The van der Waals surface area contributed by atoms with Gasteiger partial charge in [0.1, 0.15) is 17.6 Å². The lowest BCUT2D eigenvalue weighted by Crippen LogP contribution is -2.35. The van der Waals surface area contributed by atoms with Crippen LogP contribution in [0.2, 0.25) is 0 Å². The lowest BCUT2D eigenvalue weighted by Gasteiger charge is -2.26. The fourth-order valence-electron chi connectivity index (χ4n) is 2.27. The molecule has 1 fully saturated rings. The van der Waals surface area contributed by atoms with Crippen LogP contribution in [-0.2, 0) is 11.3 Å². The zero-order valence-electron chi connectivity index (χ0n) is 13.6. The summed E-state index contributed by atoms with van der Waals surface area (Å²) < 4.78 is 16.9. The van der Waals surface area contributed by atoms with Crippen molar-refractivity contribution >= 4 is 0 Å². The standard InChI is InChI=1S/C17H27NO3/c1-17(2,3)18-12-13-11-15(19-4)5-6-16(13)21-14-7-9-20-10-8-14/h5-6,11,14,18H,7-10,12H2,1-4H3. The highest BCUT2D eigenvalue weighted by Crippen LogP contribution is 2.27. The Morgan fingerprint density at radius 2 is 1.95 bits per heavy atom. The first kappa shape index (κ1) is 16.1. The smallest absolute Gasteiger partial charge is 0.124 e. The maximum absolute atomic E-state index is 6.18. The topological polar surface area (TPSA) is 39.7 Å². The summed E-state index contributed by atoms with van der Waals surface area (Å²) in [6, 6.07) is 6.01. The molecule has 4 heteroatoms. The summed E-state index contributed by atoms with van der Waals surface area (Å²) in [5.74, 6) is 1.81. The normalized spacial score (nSPS) is 16.8. The van der Waals surface area contributed by atoms with Crippen LogP contribution in [0.4, 0.5) is 0 Å². The van der Waals surface area contributed by atoms with Crippen molar-refractivity contribution in [3.8, 4) is 11.5 Å². The van der Waals surface area contributed by atoms with Gasteiger partial charge in [-0.2, -0.15) is 0 Å². The first-order valence-electron chi connectivity index (χ1n) is 7.64. The highest BCUT2D eigenvalue weighted by Gasteiger charge is 2.18. The van der Waals surface area contributed by atoms with Gasteiger partial charge >= 0.3 is 0 Å². The number of benzene rings is 1. The van der Waals surface area contributed by atoms with E-state index in [0.29, 0.717) is 0 Å². The van der Waals surface area contributed by atoms with Crippen molar-refractivity contribution in [2.24, 2.45) is 0 Å². The minimum absolute atomic E-state index is 0.0685. The van der Waals surface area contributed by atoms with Crippen molar-refractivity contribution in [2.45, 2.75) is 51.8 Å². The van der Waals surface area contributed by atoms with E-state index in [9.17, 15) is 0 Å². The maximum Gasteiger partial charge on any atom is 0.124 e. The van der Waals surface area contributed by atoms with E-state index in [-0.39, 0.29) is 11.6 Å². The fourth-order valence-corrected chi connectivity index (χ4v) is 2.27. The molecule has 1 aliphatic heterocycles. The van der Waals surface area contributed by atoms with Gasteiger partial charge in [0.25, 0.3) is 0 Å². The minimum Gasteiger partial charge on any atom is -0.497 e. The summed E-state index contributed by atoms with van der Waals surface area (Å²) in [5.41, 5.74) is 1.20. The summed E-state index contributed by atoms with van der Waals surface area (Å²) in [6.45, 7) is 8.82. The molecule has 1 N–H and O–H groups in total.